The SMILES string of the molecule is O=C(O)O.[Co+3].[O-][Cl+3]([O-])([O-])[O-].[O-][Cl+3]([O-])([O-])[O-].[O-][Cl+3]([O-])([O-])[O-]. The zero-order chi connectivity index (χ0) is 17.1. The first kappa shape index (κ1) is 32.2. The van der Waals surface area contributed by atoms with Crippen molar-refractivity contribution in [1.29, 1.82) is 0 Å². The van der Waals surface area contributed by atoms with Crippen molar-refractivity contribution in [1.82, 2.24) is 0 Å². The van der Waals surface area contributed by atoms with Crippen LogP contribution < -0.4 is 55.9 Å². The van der Waals surface area contributed by atoms with Crippen LogP contribution >= 0.6 is 0 Å². The van der Waals surface area contributed by atoms with Crippen LogP contribution in [-0.2, 0) is 16.8 Å². The Morgan fingerprint density at radius 3 is 0.550 bits per heavy atom. The van der Waals surface area contributed by atoms with Gasteiger partial charge in [-0.05, 0) is 0 Å². The summed E-state index contributed by atoms with van der Waals surface area (Å²) in [4.78, 5) is 8.56. The Morgan fingerprint density at radius 2 is 0.550 bits per heavy atom. The molecule has 0 saturated heterocycles. The van der Waals surface area contributed by atoms with E-state index in [0.29, 0.717) is 0 Å². The summed E-state index contributed by atoms with van der Waals surface area (Å²) >= 11 is 0. The van der Waals surface area contributed by atoms with Crippen LogP contribution in [0.1, 0.15) is 0 Å². The molecule has 0 heterocycles. The molecule has 0 unspecified atom stereocenters. The van der Waals surface area contributed by atoms with Gasteiger partial charge in [0.2, 0.25) is 0 Å². The molecule has 0 rings (SSSR count). The molecule has 0 aromatic rings. The van der Waals surface area contributed by atoms with E-state index in [1.54, 1.807) is 0 Å². The molecule has 0 fully saturated rings. The van der Waals surface area contributed by atoms with Crippen molar-refractivity contribution in [2.45, 2.75) is 0 Å². The van der Waals surface area contributed by atoms with E-state index in [0.717, 1.165) is 0 Å². The van der Waals surface area contributed by atoms with Crippen LogP contribution in [0.3, 0.4) is 0 Å². The molecule has 0 atom stereocenters. The fourth-order valence-electron chi connectivity index (χ4n) is 0. The van der Waals surface area contributed by atoms with Crippen molar-refractivity contribution in [3.8, 4) is 0 Å². The van der Waals surface area contributed by atoms with Crippen molar-refractivity contribution >= 4 is 6.16 Å². The van der Waals surface area contributed by atoms with Gasteiger partial charge >= 0.3 is 22.9 Å². The summed E-state index contributed by atoms with van der Waals surface area (Å²) in [5.74, 6) is 0. The van der Waals surface area contributed by atoms with E-state index in [2.05, 4.69) is 0 Å². The van der Waals surface area contributed by atoms with Gasteiger partial charge in [0.1, 0.15) is 0 Å². The molecular formula is CH2Cl3CoO15. The monoisotopic (exact) mass is 418 g/mol. The van der Waals surface area contributed by atoms with Gasteiger partial charge in [0, 0.05) is 0 Å². The van der Waals surface area contributed by atoms with Gasteiger partial charge in [-0.3, -0.25) is 0 Å². The molecule has 0 spiro atoms. The second-order valence-electron chi connectivity index (χ2n) is 1.42. The van der Waals surface area contributed by atoms with Gasteiger partial charge in [-0.15, -0.1) is 30.7 Å². The van der Waals surface area contributed by atoms with Crippen molar-refractivity contribution in [2.75, 3.05) is 0 Å². The van der Waals surface area contributed by atoms with Crippen molar-refractivity contribution in [3.05, 3.63) is 0 Å². The van der Waals surface area contributed by atoms with E-state index in [1.807, 2.05) is 0 Å². The Morgan fingerprint density at radius 1 is 0.550 bits per heavy atom. The van der Waals surface area contributed by atoms with Gasteiger partial charge in [0.15, 0.2) is 0 Å². The predicted octanol–water partition coefficient (Wildman–Crippen LogP) is -14.0. The summed E-state index contributed by atoms with van der Waals surface area (Å²) in [6, 6.07) is 0. The Bertz CT molecular complexity index is 160. The van der Waals surface area contributed by atoms with E-state index in [1.165, 1.54) is 0 Å². The Kier molecular flexibility index (Phi) is 22.7. The summed E-state index contributed by atoms with van der Waals surface area (Å²) in [5.41, 5.74) is 0. The third-order valence-electron chi connectivity index (χ3n) is 0. The van der Waals surface area contributed by atoms with Gasteiger partial charge in [0.25, 0.3) is 0 Å². The fraction of sp³-hybridized carbons (Fsp3) is 0. The molecule has 15 nitrogen and oxygen atoms in total. The molecule has 0 aromatic heterocycles. The van der Waals surface area contributed by atoms with Crippen LogP contribution in [0.25, 0.3) is 0 Å². The molecular weight excluding hydrogens is 417 g/mol. The molecule has 0 amide bonds. The van der Waals surface area contributed by atoms with E-state index in [4.69, 9.17) is 70.9 Å². The maximum absolute atomic E-state index is 8.56. The molecule has 2 N–H and O–H groups in total. The standard InChI is InChI=1S/CH2O3.3ClHO4.Co/c2-1(3)4;3*2-1(3,4)5;/h(H2,2,3,4);3*(H,2,3,4,5);/q;;;;+3/p-3. The topological polar surface area (TPSA) is 334 Å². The Balaban J connectivity index is -0.0000000494. The summed E-state index contributed by atoms with van der Waals surface area (Å²) in [6.07, 6.45) is -1.83. The maximum atomic E-state index is 8.56. The van der Waals surface area contributed by atoms with Gasteiger partial charge in [-0.2, -0.15) is 0 Å². The molecule has 0 radical (unpaired) electrons. The van der Waals surface area contributed by atoms with Crippen LogP contribution in [0.15, 0.2) is 0 Å². The van der Waals surface area contributed by atoms with E-state index in [9.17, 15) is 0 Å². The smallest absolute Gasteiger partial charge is 0.450 e. The van der Waals surface area contributed by atoms with Crippen molar-refractivity contribution in [3.63, 3.8) is 0 Å². The third-order valence-corrected chi connectivity index (χ3v) is 0. The number of hydrogen-bond acceptors (Lipinski definition) is 13. The zero-order valence-corrected chi connectivity index (χ0v) is 11.5. The van der Waals surface area contributed by atoms with E-state index < -0.39 is 36.9 Å². The normalized spacial score (nSPS) is 10.2. The van der Waals surface area contributed by atoms with E-state index >= 15 is 0 Å². The van der Waals surface area contributed by atoms with E-state index in [-0.39, 0.29) is 16.8 Å². The minimum atomic E-state index is -4.94. The van der Waals surface area contributed by atoms with Crippen molar-refractivity contribution in [2.24, 2.45) is 0 Å². The van der Waals surface area contributed by atoms with Gasteiger partial charge in [0.05, 0.1) is 0 Å². The molecule has 0 aliphatic rings. The number of hydrogen-bond donors (Lipinski definition) is 2. The molecule has 20 heavy (non-hydrogen) atoms. The average Bonchev–Trinajstić information content (AvgIpc) is 1.66. The number of carbonyl (C=O) groups is 1. The summed E-state index contributed by atoms with van der Waals surface area (Å²) in [6.45, 7) is 0. The summed E-state index contributed by atoms with van der Waals surface area (Å²) in [5, 5.41) is 13.9. The minimum absolute atomic E-state index is 0. The molecule has 19 heteroatoms. The summed E-state index contributed by atoms with van der Waals surface area (Å²) in [7, 11) is -14.8. The van der Waals surface area contributed by atoms with Gasteiger partial charge < -0.3 is 10.2 Å². The average molecular weight is 419 g/mol. The fourth-order valence-corrected chi connectivity index (χ4v) is 0. The number of rotatable bonds is 0. The number of carboxylic acid groups (broad SMARTS) is 2. The quantitative estimate of drug-likeness (QED) is 0.367. The predicted molar refractivity (Wildman–Crippen MR) is 10.7 cm³/mol. The van der Waals surface area contributed by atoms with Crippen LogP contribution in [0, 0.1) is 30.7 Å². The number of halogens is 3. The summed E-state index contributed by atoms with van der Waals surface area (Å²) < 4.78 is 102. The van der Waals surface area contributed by atoms with Gasteiger partial charge in [-0.25, -0.2) is 60.7 Å². The molecule has 0 aromatic carbocycles. The minimum Gasteiger partial charge on any atom is -0.450 e. The first-order chi connectivity index (χ1) is 7.73. The molecule has 126 valence electrons. The largest absolute Gasteiger partial charge is 3.00 e. The second-order valence-corrected chi connectivity index (χ2v) is 3.68. The Hall–Kier alpha value is 0.166. The second kappa shape index (κ2) is 14.1. The Labute approximate surface area is 125 Å². The molecule has 0 bridgehead atoms. The maximum Gasteiger partial charge on any atom is 3.00 e. The van der Waals surface area contributed by atoms with Gasteiger partial charge in [-0.1, -0.05) is 0 Å². The van der Waals surface area contributed by atoms with Crippen LogP contribution in [-0.4, -0.2) is 16.4 Å². The van der Waals surface area contributed by atoms with Crippen LogP contribution in [0.4, 0.5) is 4.79 Å². The third kappa shape index (κ3) is 193000. The van der Waals surface area contributed by atoms with Crippen molar-refractivity contribution < 1.29 is 118 Å². The first-order valence-electron chi connectivity index (χ1n) is 2.50. The molecule has 0 aliphatic heterocycles. The molecule has 0 aliphatic carbocycles. The molecule has 0 saturated carbocycles. The van der Waals surface area contributed by atoms with Crippen LogP contribution in [0.5, 0.6) is 0 Å². The van der Waals surface area contributed by atoms with Crippen LogP contribution in [0.2, 0.25) is 0 Å². The zero-order valence-electron chi connectivity index (χ0n) is 8.17. The first-order valence-corrected chi connectivity index (χ1v) is 6.21.